The molecule has 0 saturated carbocycles. The summed E-state index contributed by atoms with van der Waals surface area (Å²) in [7, 11) is 1.49. The van der Waals surface area contributed by atoms with E-state index in [-0.39, 0.29) is 12.5 Å². The van der Waals surface area contributed by atoms with Crippen molar-refractivity contribution < 1.29 is 14.3 Å². The first-order chi connectivity index (χ1) is 8.41. The first-order valence-corrected chi connectivity index (χ1v) is 5.74. The molecule has 0 aliphatic carbocycles. The molecule has 1 rings (SSSR count). The molecule has 1 atom stereocenters. The van der Waals surface area contributed by atoms with Gasteiger partial charge in [-0.1, -0.05) is 23.7 Å². The van der Waals surface area contributed by atoms with Crippen LogP contribution < -0.4 is 10.5 Å². The minimum atomic E-state index is -0.741. The number of primary amides is 1. The third kappa shape index (κ3) is 3.92. The molecule has 0 saturated heterocycles. The smallest absolute Gasteiger partial charge is 0.263 e. The molecular weight excluding hydrogens is 256 g/mol. The topological polar surface area (TPSA) is 72.6 Å². The van der Waals surface area contributed by atoms with Gasteiger partial charge in [0.25, 0.3) is 5.91 Å². The van der Waals surface area contributed by atoms with Crippen molar-refractivity contribution in [2.75, 3.05) is 13.6 Å². The molecule has 1 aromatic rings. The first-order valence-electron chi connectivity index (χ1n) is 5.36. The van der Waals surface area contributed by atoms with E-state index in [9.17, 15) is 9.59 Å². The Morgan fingerprint density at radius 2 is 2.06 bits per heavy atom. The predicted molar refractivity (Wildman–Crippen MR) is 68.4 cm³/mol. The summed E-state index contributed by atoms with van der Waals surface area (Å²) in [6.45, 7) is 1.44. The van der Waals surface area contributed by atoms with Crippen molar-refractivity contribution in [3.63, 3.8) is 0 Å². The van der Waals surface area contributed by atoms with Gasteiger partial charge in [-0.05, 0) is 19.1 Å². The van der Waals surface area contributed by atoms with E-state index in [0.717, 1.165) is 0 Å². The van der Waals surface area contributed by atoms with Gasteiger partial charge >= 0.3 is 0 Å². The van der Waals surface area contributed by atoms with E-state index in [1.165, 1.54) is 11.9 Å². The second-order valence-corrected chi connectivity index (χ2v) is 4.26. The van der Waals surface area contributed by atoms with Crippen LogP contribution in [0.25, 0.3) is 0 Å². The van der Waals surface area contributed by atoms with E-state index < -0.39 is 12.0 Å². The number of halogens is 1. The molecule has 1 unspecified atom stereocenters. The number of carbonyl (C=O) groups excluding carboxylic acids is 2. The molecule has 18 heavy (non-hydrogen) atoms. The third-order valence-corrected chi connectivity index (χ3v) is 2.57. The van der Waals surface area contributed by atoms with E-state index in [1.54, 1.807) is 31.2 Å². The number of para-hydroxylation sites is 1. The van der Waals surface area contributed by atoms with Crippen molar-refractivity contribution in [1.82, 2.24) is 4.90 Å². The Kier molecular flexibility index (Phi) is 4.97. The Bertz CT molecular complexity index is 451. The van der Waals surface area contributed by atoms with E-state index in [1.807, 2.05) is 0 Å². The van der Waals surface area contributed by atoms with Crippen LogP contribution in [-0.4, -0.2) is 36.4 Å². The number of nitrogens with zero attached hydrogens (tertiary/aromatic N) is 1. The number of amides is 2. The third-order valence-electron chi connectivity index (χ3n) is 2.26. The molecule has 5 nitrogen and oxygen atoms in total. The lowest BCUT2D eigenvalue weighted by Gasteiger charge is -2.21. The number of hydrogen-bond acceptors (Lipinski definition) is 3. The minimum absolute atomic E-state index is 0.144. The summed E-state index contributed by atoms with van der Waals surface area (Å²) >= 11 is 5.91. The molecule has 1 aromatic carbocycles. The molecule has 0 radical (unpaired) electrons. The molecule has 2 amide bonds. The van der Waals surface area contributed by atoms with Gasteiger partial charge < -0.3 is 15.4 Å². The highest BCUT2D eigenvalue weighted by molar-refractivity contribution is 6.32. The quantitative estimate of drug-likeness (QED) is 0.869. The zero-order valence-corrected chi connectivity index (χ0v) is 11.0. The summed E-state index contributed by atoms with van der Waals surface area (Å²) in [4.78, 5) is 23.8. The fraction of sp³-hybridized carbons (Fsp3) is 0.333. The number of rotatable bonds is 5. The van der Waals surface area contributed by atoms with Crippen molar-refractivity contribution in [1.29, 1.82) is 0 Å². The van der Waals surface area contributed by atoms with Crippen LogP contribution in [0.4, 0.5) is 0 Å². The molecule has 0 aromatic heterocycles. The largest absolute Gasteiger partial charge is 0.479 e. The standard InChI is InChI=1S/C12H15ClN2O3/c1-8(12(17)15(2)7-11(14)16)18-10-6-4-3-5-9(10)13/h3-6,8H,7H2,1-2H3,(H2,14,16). The molecule has 0 bridgehead atoms. The van der Waals surface area contributed by atoms with E-state index in [2.05, 4.69) is 0 Å². The van der Waals surface area contributed by atoms with Crippen LogP contribution in [0.2, 0.25) is 5.02 Å². The number of benzene rings is 1. The van der Waals surface area contributed by atoms with Crippen LogP contribution in [0, 0.1) is 0 Å². The molecule has 0 aliphatic rings. The first kappa shape index (κ1) is 14.3. The van der Waals surface area contributed by atoms with Gasteiger partial charge in [-0.2, -0.15) is 0 Å². The van der Waals surface area contributed by atoms with Gasteiger partial charge in [0.15, 0.2) is 6.10 Å². The molecule has 98 valence electrons. The van der Waals surface area contributed by atoms with Gasteiger partial charge in [0.2, 0.25) is 5.91 Å². The second kappa shape index (κ2) is 6.26. The zero-order valence-electron chi connectivity index (χ0n) is 10.2. The fourth-order valence-electron chi connectivity index (χ4n) is 1.40. The van der Waals surface area contributed by atoms with Crippen LogP contribution in [0.3, 0.4) is 0 Å². The highest BCUT2D eigenvalue weighted by Gasteiger charge is 2.20. The van der Waals surface area contributed by atoms with Crippen molar-refractivity contribution in [3.05, 3.63) is 29.3 Å². The Morgan fingerprint density at radius 3 is 2.61 bits per heavy atom. The zero-order chi connectivity index (χ0) is 13.7. The molecule has 0 aliphatic heterocycles. The van der Waals surface area contributed by atoms with Gasteiger partial charge in [-0.3, -0.25) is 9.59 Å². The summed E-state index contributed by atoms with van der Waals surface area (Å²) in [5.74, 6) is -0.489. The van der Waals surface area contributed by atoms with E-state index >= 15 is 0 Å². The van der Waals surface area contributed by atoms with Crippen LogP contribution in [0.5, 0.6) is 5.75 Å². The molecule has 0 heterocycles. The lowest BCUT2D eigenvalue weighted by atomic mass is 10.3. The van der Waals surface area contributed by atoms with Crippen molar-refractivity contribution in [3.8, 4) is 5.75 Å². The fourth-order valence-corrected chi connectivity index (χ4v) is 1.58. The Hall–Kier alpha value is -1.75. The number of carbonyl (C=O) groups is 2. The molecule has 6 heteroatoms. The highest BCUT2D eigenvalue weighted by Crippen LogP contribution is 2.24. The van der Waals surface area contributed by atoms with Gasteiger partial charge in [0, 0.05) is 7.05 Å². The van der Waals surface area contributed by atoms with Crippen LogP contribution in [-0.2, 0) is 9.59 Å². The summed E-state index contributed by atoms with van der Waals surface area (Å²) < 4.78 is 5.43. The SMILES string of the molecule is CC(Oc1ccccc1Cl)C(=O)N(C)CC(N)=O. The predicted octanol–water partition coefficient (Wildman–Crippen LogP) is 1.05. The van der Waals surface area contributed by atoms with Gasteiger partial charge in [-0.25, -0.2) is 0 Å². The summed E-state index contributed by atoms with van der Waals surface area (Å²) in [5.41, 5.74) is 5.01. The van der Waals surface area contributed by atoms with Crippen LogP contribution >= 0.6 is 11.6 Å². The number of ether oxygens (including phenoxy) is 1. The average molecular weight is 271 g/mol. The lowest BCUT2D eigenvalue weighted by Crippen LogP contribution is -2.42. The lowest BCUT2D eigenvalue weighted by molar-refractivity contribution is -0.139. The molecule has 2 N–H and O–H groups in total. The summed E-state index contributed by atoms with van der Waals surface area (Å²) in [6, 6.07) is 6.85. The molecular formula is C12H15ClN2O3. The average Bonchev–Trinajstić information content (AvgIpc) is 2.30. The maximum Gasteiger partial charge on any atom is 0.263 e. The summed E-state index contributed by atoms with van der Waals surface area (Å²) in [5, 5.41) is 0.426. The van der Waals surface area contributed by atoms with Crippen molar-refractivity contribution >= 4 is 23.4 Å². The number of likely N-dealkylation sites (N-methyl/N-ethyl adjacent to an activating group) is 1. The molecule has 0 spiro atoms. The van der Waals surface area contributed by atoms with E-state index in [4.69, 9.17) is 22.1 Å². The van der Waals surface area contributed by atoms with Gasteiger partial charge in [0.1, 0.15) is 5.75 Å². The Labute approximate surface area is 110 Å². The van der Waals surface area contributed by atoms with Crippen molar-refractivity contribution in [2.24, 2.45) is 5.73 Å². The maximum atomic E-state index is 11.8. The van der Waals surface area contributed by atoms with Crippen LogP contribution in [0.15, 0.2) is 24.3 Å². The molecule has 0 fully saturated rings. The maximum absolute atomic E-state index is 11.8. The number of hydrogen-bond donors (Lipinski definition) is 1. The monoisotopic (exact) mass is 270 g/mol. The second-order valence-electron chi connectivity index (χ2n) is 3.85. The van der Waals surface area contributed by atoms with Crippen LogP contribution in [0.1, 0.15) is 6.92 Å². The highest BCUT2D eigenvalue weighted by atomic mass is 35.5. The Balaban J connectivity index is 2.65. The normalized spacial score (nSPS) is 11.7. The Morgan fingerprint density at radius 1 is 1.44 bits per heavy atom. The number of nitrogens with two attached hydrogens (primary N) is 1. The minimum Gasteiger partial charge on any atom is -0.479 e. The summed E-state index contributed by atoms with van der Waals surface area (Å²) in [6.07, 6.45) is -0.741. The van der Waals surface area contributed by atoms with Crippen molar-refractivity contribution in [2.45, 2.75) is 13.0 Å². The van der Waals surface area contributed by atoms with Gasteiger partial charge in [-0.15, -0.1) is 0 Å². The van der Waals surface area contributed by atoms with Gasteiger partial charge in [0.05, 0.1) is 11.6 Å². The van der Waals surface area contributed by atoms with E-state index in [0.29, 0.717) is 10.8 Å².